The standard InChI is InChI=1S/C6H12BrN3/c1-5(2)3-6-9-8-4-10(6)7/h4-6,9H,3H2,1-2H3. The Labute approximate surface area is 69.8 Å². The highest BCUT2D eigenvalue weighted by molar-refractivity contribution is 9.07. The molecule has 58 valence electrons. The zero-order chi connectivity index (χ0) is 7.56. The second-order valence-corrected chi connectivity index (χ2v) is 3.68. The predicted molar refractivity (Wildman–Crippen MR) is 45.6 cm³/mol. The minimum atomic E-state index is 0.333. The van der Waals surface area contributed by atoms with E-state index in [0.29, 0.717) is 12.1 Å². The molecule has 1 aliphatic heterocycles. The summed E-state index contributed by atoms with van der Waals surface area (Å²) in [6.07, 6.45) is 3.18. The Balaban J connectivity index is 2.30. The Bertz CT molecular complexity index is 135. The van der Waals surface area contributed by atoms with Gasteiger partial charge in [0.1, 0.15) is 12.5 Å². The van der Waals surface area contributed by atoms with E-state index in [1.807, 2.05) is 3.93 Å². The summed E-state index contributed by atoms with van der Waals surface area (Å²) >= 11 is 3.35. The van der Waals surface area contributed by atoms with E-state index in [2.05, 4.69) is 40.5 Å². The van der Waals surface area contributed by atoms with Crippen LogP contribution in [0.2, 0.25) is 0 Å². The van der Waals surface area contributed by atoms with Crippen LogP contribution in [-0.2, 0) is 0 Å². The number of rotatable bonds is 2. The molecule has 0 fully saturated rings. The Morgan fingerprint density at radius 1 is 1.80 bits per heavy atom. The molecule has 10 heavy (non-hydrogen) atoms. The SMILES string of the molecule is CC(C)CC1NN=CN1Br. The van der Waals surface area contributed by atoms with Gasteiger partial charge in [0.05, 0.1) is 16.1 Å². The molecular formula is C6H12BrN3. The highest BCUT2D eigenvalue weighted by Gasteiger charge is 2.17. The first-order chi connectivity index (χ1) is 4.70. The van der Waals surface area contributed by atoms with Crippen LogP contribution in [0.15, 0.2) is 5.10 Å². The van der Waals surface area contributed by atoms with Crippen molar-refractivity contribution >= 4 is 22.5 Å². The van der Waals surface area contributed by atoms with E-state index in [1.165, 1.54) is 0 Å². The average Bonchev–Trinajstić information content (AvgIpc) is 2.15. The van der Waals surface area contributed by atoms with Gasteiger partial charge < -0.3 is 0 Å². The molecular weight excluding hydrogens is 194 g/mol. The molecule has 1 N–H and O–H groups in total. The molecule has 0 aromatic carbocycles. The van der Waals surface area contributed by atoms with E-state index in [-0.39, 0.29) is 0 Å². The quantitative estimate of drug-likeness (QED) is 0.693. The second-order valence-electron chi connectivity index (χ2n) is 2.86. The topological polar surface area (TPSA) is 27.6 Å². The minimum Gasteiger partial charge on any atom is -0.285 e. The van der Waals surface area contributed by atoms with Crippen molar-refractivity contribution in [3.8, 4) is 0 Å². The molecule has 0 saturated carbocycles. The molecule has 1 unspecified atom stereocenters. The lowest BCUT2D eigenvalue weighted by molar-refractivity contribution is 0.370. The molecule has 0 aliphatic carbocycles. The first-order valence-electron chi connectivity index (χ1n) is 3.43. The number of hydrazone groups is 1. The second kappa shape index (κ2) is 3.23. The fourth-order valence-electron chi connectivity index (χ4n) is 0.910. The summed E-state index contributed by atoms with van der Waals surface area (Å²) in [5, 5.41) is 3.90. The van der Waals surface area contributed by atoms with E-state index >= 15 is 0 Å². The van der Waals surface area contributed by atoms with E-state index in [4.69, 9.17) is 0 Å². The lowest BCUT2D eigenvalue weighted by Crippen LogP contribution is -2.31. The van der Waals surface area contributed by atoms with Crippen molar-refractivity contribution in [2.24, 2.45) is 11.0 Å². The van der Waals surface area contributed by atoms with Crippen molar-refractivity contribution in [1.29, 1.82) is 0 Å². The molecule has 0 bridgehead atoms. The van der Waals surface area contributed by atoms with Gasteiger partial charge in [-0.25, -0.2) is 0 Å². The molecule has 0 spiro atoms. The van der Waals surface area contributed by atoms with Gasteiger partial charge in [0.25, 0.3) is 0 Å². The molecule has 3 nitrogen and oxygen atoms in total. The largest absolute Gasteiger partial charge is 0.285 e. The van der Waals surface area contributed by atoms with Crippen molar-refractivity contribution in [3.05, 3.63) is 0 Å². The highest BCUT2D eigenvalue weighted by atomic mass is 79.9. The highest BCUT2D eigenvalue weighted by Crippen LogP contribution is 2.13. The van der Waals surface area contributed by atoms with Crippen LogP contribution in [0.5, 0.6) is 0 Å². The maximum Gasteiger partial charge on any atom is 0.127 e. The van der Waals surface area contributed by atoms with Crippen LogP contribution in [0.1, 0.15) is 20.3 Å². The summed E-state index contributed by atoms with van der Waals surface area (Å²) in [4.78, 5) is 0. The lowest BCUT2D eigenvalue weighted by atomic mass is 10.1. The maximum atomic E-state index is 3.90. The molecule has 0 radical (unpaired) electrons. The van der Waals surface area contributed by atoms with E-state index in [1.54, 1.807) is 6.34 Å². The predicted octanol–water partition coefficient (Wildman–Crippen LogP) is 1.52. The van der Waals surface area contributed by atoms with Gasteiger partial charge in [-0.05, 0) is 12.3 Å². The summed E-state index contributed by atoms with van der Waals surface area (Å²) < 4.78 is 1.91. The van der Waals surface area contributed by atoms with E-state index in [9.17, 15) is 0 Å². The van der Waals surface area contributed by atoms with Crippen molar-refractivity contribution < 1.29 is 0 Å². The smallest absolute Gasteiger partial charge is 0.127 e. The molecule has 0 amide bonds. The molecule has 0 aromatic rings. The normalized spacial score (nSPS) is 24.0. The number of nitrogens with zero attached hydrogens (tertiary/aromatic N) is 2. The molecule has 4 heteroatoms. The van der Waals surface area contributed by atoms with E-state index < -0.39 is 0 Å². The van der Waals surface area contributed by atoms with Gasteiger partial charge in [0.15, 0.2) is 0 Å². The summed E-state index contributed by atoms with van der Waals surface area (Å²) in [7, 11) is 0. The third kappa shape index (κ3) is 1.87. The van der Waals surface area contributed by atoms with Gasteiger partial charge in [-0.3, -0.25) is 9.35 Å². The zero-order valence-electron chi connectivity index (χ0n) is 6.21. The maximum absolute atomic E-state index is 3.90. The fourth-order valence-corrected chi connectivity index (χ4v) is 1.26. The van der Waals surface area contributed by atoms with Crippen LogP contribution in [0.3, 0.4) is 0 Å². The molecule has 0 aromatic heterocycles. The van der Waals surface area contributed by atoms with Crippen LogP contribution in [-0.4, -0.2) is 16.4 Å². The fraction of sp³-hybridized carbons (Fsp3) is 0.833. The summed E-state index contributed by atoms with van der Waals surface area (Å²) in [6.45, 7) is 4.39. The van der Waals surface area contributed by atoms with Gasteiger partial charge in [-0.1, -0.05) is 13.8 Å². The third-order valence-electron chi connectivity index (χ3n) is 1.38. The average molecular weight is 206 g/mol. The molecule has 1 rings (SSSR count). The Morgan fingerprint density at radius 3 is 2.90 bits per heavy atom. The Kier molecular flexibility index (Phi) is 2.54. The minimum absolute atomic E-state index is 0.333. The van der Waals surface area contributed by atoms with Crippen molar-refractivity contribution in [2.75, 3.05) is 0 Å². The van der Waals surface area contributed by atoms with Crippen molar-refractivity contribution in [3.63, 3.8) is 0 Å². The molecule has 0 saturated heterocycles. The molecule has 1 heterocycles. The van der Waals surface area contributed by atoms with Crippen LogP contribution in [0.4, 0.5) is 0 Å². The molecule has 1 aliphatic rings. The lowest BCUT2D eigenvalue weighted by Gasteiger charge is -2.18. The number of halogens is 1. The van der Waals surface area contributed by atoms with Gasteiger partial charge >= 0.3 is 0 Å². The molecule has 1 atom stereocenters. The van der Waals surface area contributed by atoms with Crippen LogP contribution < -0.4 is 5.43 Å². The summed E-state index contributed by atoms with van der Waals surface area (Å²) in [5.41, 5.74) is 2.99. The Morgan fingerprint density at radius 2 is 2.50 bits per heavy atom. The van der Waals surface area contributed by atoms with Crippen LogP contribution in [0.25, 0.3) is 0 Å². The number of nitrogens with one attached hydrogen (secondary N) is 1. The summed E-state index contributed by atoms with van der Waals surface area (Å²) in [6, 6.07) is 0. The monoisotopic (exact) mass is 205 g/mol. The van der Waals surface area contributed by atoms with Crippen LogP contribution in [0, 0.1) is 5.92 Å². The van der Waals surface area contributed by atoms with Gasteiger partial charge in [0.2, 0.25) is 0 Å². The Hall–Kier alpha value is -0.250. The first-order valence-corrected chi connectivity index (χ1v) is 4.14. The summed E-state index contributed by atoms with van der Waals surface area (Å²) in [5.74, 6) is 0.694. The van der Waals surface area contributed by atoms with E-state index in [0.717, 1.165) is 6.42 Å². The number of hydrogen-bond acceptors (Lipinski definition) is 3. The first kappa shape index (κ1) is 7.85. The van der Waals surface area contributed by atoms with Gasteiger partial charge in [-0.2, -0.15) is 5.10 Å². The van der Waals surface area contributed by atoms with Crippen molar-refractivity contribution in [1.82, 2.24) is 9.35 Å². The van der Waals surface area contributed by atoms with Gasteiger partial charge in [0, 0.05) is 0 Å². The number of hydrogen-bond donors (Lipinski definition) is 1. The van der Waals surface area contributed by atoms with Gasteiger partial charge in [-0.15, -0.1) is 0 Å². The zero-order valence-corrected chi connectivity index (χ0v) is 7.80. The third-order valence-corrected chi connectivity index (χ3v) is 2.06. The van der Waals surface area contributed by atoms with Crippen LogP contribution >= 0.6 is 16.1 Å². The van der Waals surface area contributed by atoms with Crippen molar-refractivity contribution in [2.45, 2.75) is 26.4 Å².